The zero-order chi connectivity index (χ0) is 17.5. The molecular formula is C18H16N2O4. The molecule has 2 aromatic rings. The first kappa shape index (κ1) is 17.0. The molecule has 24 heavy (non-hydrogen) atoms. The monoisotopic (exact) mass is 324 g/mol. The van der Waals surface area contributed by atoms with E-state index in [2.05, 4.69) is 5.32 Å². The predicted octanol–water partition coefficient (Wildman–Crippen LogP) is 2.75. The number of methoxy groups -OCH3 is 1. The van der Waals surface area contributed by atoms with Crippen LogP contribution in [0.15, 0.2) is 48.5 Å². The van der Waals surface area contributed by atoms with Crippen molar-refractivity contribution in [1.29, 1.82) is 5.26 Å². The van der Waals surface area contributed by atoms with Gasteiger partial charge in [0.1, 0.15) is 11.3 Å². The number of rotatable bonds is 5. The molecule has 0 fully saturated rings. The van der Waals surface area contributed by atoms with Crippen molar-refractivity contribution in [1.82, 2.24) is 0 Å². The molecule has 0 saturated heterocycles. The van der Waals surface area contributed by atoms with Gasteiger partial charge in [0.15, 0.2) is 6.10 Å². The van der Waals surface area contributed by atoms with Crippen molar-refractivity contribution >= 4 is 17.6 Å². The van der Waals surface area contributed by atoms with E-state index < -0.39 is 18.0 Å². The van der Waals surface area contributed by atoms with Gasteiger partial charge in [-0.2, -0.15) is 5.26 Å². The molecule has 0 aliphatic carbocycles. The normalized spacial score (nSPS) is 11.0. The second-order valence-electron chi connectivity index (χ2n) is 4.93. The molecule has 0 spiro atoms. The molecule has 1 atom stereocenters. The summed E-state index contributed by atoms with van der Waals surface area (Å²) in [4.78, 5) is 24.3. The molecular weight excluding hydrogens is 308 g/mol. The summed E-state index contributed by atoms with van der Waals surface area (Å²) in [5.74, 6) is -0.736. The van der Waals surface area contributed by atoms with Crippen LogP contribution in [-0.2, 0) is 9.53 Å². The Balaban J connectivity index is 2.00. The lowest BCUT2D eigenvalue weighted by molar-refractivity contribution is -0.123. The third-order valence-electron chi connectivity index (χ3n) is 3.26. The Morgan fingerprint density at radius 2 is 1.79 bits per heavy atom. The van der Waals surface area contributed by atoms with Crippen LogP contribution in [0.3, 0.4) is 0 Å². The highest BCUT2D eigenvalue weighted by Gasteiger charge is 2.21. The predicted molar refractivity (Wildman–Crippen MR) is 87.7 cm³/mol. The van der Waals surface area contributed by atoms with E-state index in [9.17, 15) is 9.59 Å². The topological polar surface area (TPSA) is 88.4 Å². The first-order valence-electron chi connectivity index (χ1n) is 7.20. The summed E-state index contributed by atoms with van der Waals surface area (Å²) in [5, 5.41) is 11.4. The fourth-order valence-electron chi connectivity index (χ4n) is 1.96. The maximum Gasteiger partial charge on any atom is 0.342 e. The van der Waals surface area contributed by atoms with Crippen molar-refractivity contribution in [2.45, 2.75) is 13.0 Å². The number of nitrogens with one attached hydrogen (secondary N) is 1. The molecule has 0 aliphatic heterocycles. The van der Waals surface area contributed by atoms with E-state index in [1.807, 2.05) is 6.07 Å². The summed E-state index contributed by atoms with van der Waals surface area (Å²) >= 11 is 0. The Bertz CT molecular complexity index is 778. The van der Waals surface area contributed by atoms with Crippen LogP contribution in [0.2, 0.25) is 0 Å². The number of nitrogens with zero attached hydrogens (tertiary/aromatic N) is 1. The Kier molecular flexibility index (Phi) is 5.53. The third-order valence-corrected chi connectivity index (χ3v) is 3.26. The lowest BCUT2D eigenvalue weighted by Crippen LogP contribution is -2.30. The van der Waals surface area contributed by atoms with Crippen LogP contribution in [0, 0.1) is 11.3 Å². The molecule has 1 N–H and O–H groups in total. The average molecular weight is 324 g/mol. The molecule has 0 saturated carbocycles. The number of ether oxygens (including phenoxy) is 2. The SMILES string of the molecule is COc1ccccc1C(=O)O[C@H](C)C(=O)Nc1ccc(C#N)cc1. The van der Waals surface area contributed by atoms with Crippen molar-refractivity contribution in [2.75, 3.05) is 12.4 Å². The number of hydrogen-bond donors (Lipinski definition) is 1. The molecule has 1 amide bonds. The third kappa shape index (κ3) is 4.11. The van der Waals surface area contributed by atoms with E-state index in [1.165, 1.54) is 14.0 Å². The van der Waals surface area contributed by atoms with Gasteiger partial charge in [-0.3, -0.25) is 4.79 Å². The first-order valence-corrected chi connectivity index (χ1v) is 7.20. The second-order valence-corrected chi connectivity index (χ2v) is 4.93. The standard InChI is InChI=1S/C18H16N2O4/c1-12(17(21)20-14-9-7-13(11-19)8-10-14)24-18(22)15-5-3-4-6-16(15)23-2/h3-10,12H,1-2H3,(H,20,21)/t12-/m1/s1. The van der Waals surface area contributed by atoms with Gasteiger partial charge in [-0.15, -0.1) is 0 Å². The summed E-state index contributed by atoms with van der Waals surface area (Å²) in [6, 6.07) is 15.0. The molecule has 6 nitrogen and oxygen atoms in total. The number of amides is 1. The first-order chi connectivity index (χ1) is 11.5. The Hall–Kier alpha value is -3.33. The highest BCUT2D eigenvalue weighted by Crippen LogP contribution is 2.19. The van der Waals surface area contributed by atoms with Gasteiger partial charge in [0.05, 0.1) is 18.7 Å². The van der Waals surface area contributed by atoms with E-state index in [0.29, 0.717) is 17.0 Å². The van der Waals surface area contributed by atoms with Crippen LogP contribution < -0.4 is 10.1 Å². The molecule has 0 unspecified atom stereocenters. The molecule has 122 valence electrons. The van der Waals surface area contributed by atoms with Crippen molar-refractivity contribution < 1.29 is 19.1 Å². The number of benzene rings is 2. The number of esters is 1. The van der Waals surface area contributed by atoms with Crippen molar-refractivity contribution in [2.24, 2.45) is 0 Å². The highest BCUT2D eigenvalue weighted by molar-refractivity contribution is 5.98. The fraction of sp³-hybridized carbons (Fsp3) is 0.167. The number of hydrogen-bond acceptors (Lipinski definition) is 5. The number of carbonyl (C=O) groups is 2. The lowest BCUT2D eigenvalue weighted by Gasteiger charge is -2.14. The molecule has 2 rings (SSSR count). The van der Waals surface area contributed by atoms with Crippen molar-refractivity contribution in [3.05, 3.63) is 59.7 Å². The van der Waals surface area contributed by atoms with Crippen molar-refractivity contribution in [3.63, 3.8) is 0 Å². The van der Waals surface area contributed by atoms with Gasteiger partial charge in [0.2, 0.25) is 0 Å². The largest absolute Gasteiger partial charge is 0.496 e. The minimum Gasteiger partial charge on any atom is -0.496 e. The van der Waals surface area contributed by atoms with E-state index in [-0.39, 0.29) is 5.56 Å². The van der Waals surface area contributed by atoms with Gasteiger partial charge >= 0.3 is 5.97 Å². The summed E-state index contributed by atoms with van der Waals surface area (Å²) in [5.41, 5.74) is 1.25. The molecule has 2 aromatic carbocycles. The highest BCUT2D eigenvalue weighted by atomic mass is 16.5. The molecule has 0 radical (unpaired) electrons. The van der Waals surface area contributed by atoms with Gasteiger partial charge in [-0.25, -0.2) is 4.79 Å². The Labute approximate surface area is 139 Å². The molecule has 0 aromatic heterocycles. The number of para-hydroxylation sites is 1. The van der Waals surface area contributed by atoms with Gasteiger partial charge in [-0.05, 0) is 43.3 Å². The van der Waals surface area contributed by atoms with Crippen LogP contribution in [0.1, 0.15) is 22.8 Å². The van der Waals surface area contributed by atoms with Crippen LogP contribution in [-0.4, -0.2) is 25.1 Å². The van der Waals surface area contributed by atoms with Gasteiger partial charge < -0.3 is 14.8 Å². The Morgan fingerprint density at radius 3 is 2.42 bits per heavy atom. The fourth-order valence-corrected chi connectivity index (χ4v) is 1.96. The summed E-state index contributed by atoms with van der Waals surface area (Å²) in [7, 11) is 1.45. The van der Waals surface area contributed by atoms with E-state index in [0.717, 1.165) is 0 Å². The number of anilines is 1. The minimum atomic E-state index is -0.988. The quantitative estimate of drug-likeness (QED) is 0.854. The van der Waals surface area contributed by atoms with Crippen LogP contribution in [0.5, 0.6) is 5.75 Å². The van der Waals surface area contributed by atoms with E-state index in [4.69, 9.17) is 14.7 Å². The number of nitriles is 1. The molecule has 6 heteroatoms. The van der Waals surface area contributed by atoms with Crippen LogP contribution >= 0.6 is 0 Å². The van der Waals surface area contributed by atoms with Gasteiger partial charge in [0, 0.05) is 5.69 Å². The summed E-state index contributed by atoms with van der Waals surface area (Å²) in [6.07, 6.45) is -0.988. The minimum absolute atomic E-state index is 0.248. The zero-order valence-corrected chi connectivity index (χ0v) is 13.3. The molecule has 0 heterocycles. The van der Waals surface area contributed by atoms with E-state index >= 15 is 0 Å². The van der Waals surface area contributed by atoms with Crippen LogP contribution in [0.25, 0.3) is 0 Å². The summed E-state index contributed by atoms with van der Waals surface area (Å²) < 4.78 is 10.3. The lowest BCUT2D eigenvalue weighted by atomic mass is 10.2. The molecule has 0 aliphatic rings. The van der Waals surface area contributed by atoms with Crippen molar-refractivity contribution in [3.8, 4) is 11.8 Å². The maximum absolute atomic E-state index is 12.2. The smallest absolute Gasteiger partial charge is 0.342 e. The second kappa shape index (κ2) is 7.79. The number of carbonyl (C=O) groups excluding carboxylic acids is 2. The average Bonchev–Trinajstić information content (AvgIpc) is 2.62. The maximum atomic E-state index is 12.2. The summed E-state index contributed by atoms with van der Waals surface area (Å²) in [6.45, 7) is 1.48. The zero-order valence-electron chi connectivity index (χ0n) is 13.3. The van der Waals surface area contributed by atoms with Gasteiger partial charge in [-0.1, -0.05) is 12.1 Å². The van der Waals surface area contributed by atoms with Crippen LogP contribution in [0.4, 0.5) is 5.69 Å². The Morgan fingerprint density at radius 1 is 1.12 bits per heavy atom. The van der Waals surface area contributed by atoms with E-state index in [1.54, 1.807) is 48.5 Å². The molecule has 0 bridgehead atoms. The van der Waals surface area contributed by atoms with Gasteiger partial charge in [0.25, 0.3) is 5.91 Å².